The molecule has 1 heterocycles. The van der Waals surface area contributed by atoms with Gasteiger partial charge in [-0.15, -0.1) is 0 Å². The van der Waals surface area contributed by atoms with Crippen LogP contribution in [0.25, 0.3) is 16.6 Å². The minimum atomic E-state index is 0.000362. The first-order valence-electron chi connectivity index (χ1n) is 9.35. The molecule has 5 heteroatoms. The number of unbranched alkanes of at least 4 members (excludes halogenated alkanes) is 1. The number of rotatable bonds is 8. The van der Waals surface area contributed by atoms with Gasteiger partial charge in [0.15, 0.2) is 0 Å². The van der Waals surface area contributed by atoms with Gasteiger partial charge in [0.2, 0.25) is 5.91 Å². The maximum absolute atomic E-state index is 11.9. The van der Waals surface area contributed by atoms with Crippen molar-refractivity contribution >= 4 is 28.2 Å². The molecule has 0 spiro atoms. The number of aromatic nitrogens is 1. The minimum absolute atomic E-state index is 0.000362. The fourth-order valence-electron chi connectivity index (χ4n) is 2.54. The summed E-state index contributed by atoms with van der Waals surface area (Å²) < 4.78 is 6.42. The third kappa shape index (κ3) is 6.26. The van der Waals surface area contributed by atoms with Crippen LogP contribution in [0.4, 0.5) is 5.69 Å². The third-order valence-corrected chi connectivity index (χ3v) is 4.03. The Morgan fingerprint density at radius 2 is 2.07 bits per heavy atom. The summed E-state index contributed by atoms with van der Waals surface area (Å²) in [5.74, 6) is 0.000362. The Labute approximate surface area is 167 Å². The highest BCUT2D eigenvalue weighted by Crippen LogP contribution is 2.27. The Morgan fingerprint density at radius 3 is 2.61 bits per heavy atom. The van der Waals surface area contributed by atoms with Gasteiger partial charge >= 0.3 is 0 Å². The van der Waals surface area contributed by atoms with Gasteiger partial charge in [-0.05, 0) is 43.7 Å². The molecule has 148 valence electrons. The van der Waals surface area contributed by atoms with E-state index in [1.165, 1.54) is 0 Å². The van der Waals surface area contributed by atoms with Crippen molar-refractivity contribution in [2.24, 2.45) is 0 Å². The van der Waals surface area contributed by atoms with E-state index in [2.05, 4.69) is 36.2 Å². The predicted octanol–water partition coefficient (Wildman–Crippen LogP) is 5.51. The Kier molecular flexibility index (Phi) is 10.1. The van der Waals surface area contributed by atoms with E-state index in [0.29, 0.717) is 12.0 Å². The van der Waals surface area contributed by atoms with E-state index in [0.717, 1.165) is 41.7 Å². The number of methoxy groups -OCH3 is 1. The van der Waals surface area contributed by atoms with Crippen LogP contribution in [0.3, 0.4) is 0 Å². The van der Waals surface area contributed by atoms with Gasteiger partial charge in [0, 0.05) is 43.1 Å². The maximum Gasteiger partial charge on any atom is 0.224 e. The number of carbonyl (C=O) groups excluding carboxylic acids is 1. The van der Waals surface area contributed by atoms with Crippen LogP contribution in [0.5, 0.6) is 0 Å². The van der Waals surface area contributed by atoms with Crippen LogP contribution >= 0.6 is 0 Å². The number of hydrogen-bond donors (Lipinski definition) is 1. The van der Waals surface area contributed by atoms with Crippen LogP contribution in [-0.4, -0.2) is 24.2 Å². The standard InChI is InChI=1S/C20H21N3O.C3H8O/c1-4-7-9-20(24)22-16-10-11-18-15(13-21)14-23(19(18)12-16)17(6-3)8-5-2;1-3-4-2/h5-6,8,10-12,14H,2-4,7,9H2,1H3,(H,22,24);3H2,1-2H3/b17-8+;. The molecule has 2 rings (SSSR count). The molecule has 0 radical (unpaired) electrons. The number of anilines is 1. The number of ether oxygens (including phenoxy) is 1. The molecule has 0 aliphatic rings. The molecule has 1 N–H and O–H groups in total. The van der Waals surface area contributed by atoms with E-state index >= 15 is 0 Å². The van der Waals surface area contributed by atoms with Crippen molar-refractivity contribution in [3.63, 3.8) is 0 Å². The van der Waals surface area contributed by atoms with E-state index < -0.39 is 0 Å². The quantitative estimate of drug-likeness (QED) is 0.615. The molecular formula is C23H29N3O2. The van der Waals surface area contributed by atoms with Gasteiger partial charge in [0.1, 0.15) is 6.07 Å². The number of allylic oxidation sites excluding steroid dienone is 4. The lowest BCUT2D eigenvalue weighted by Gasteiger charge is -2.08. The summed E-state index contributed by atoms with van der Waals surface area (Å²) in [6.45, 7) is 12.4. The molecule has 0 fully saturated rings. The Balaban J connectivity index is 0.000000892. The maximum atomic E-state index is 11.9. The molecule has 2 aromatic rings. The van der Waals surface area contributed by atoms with Crippen molar-refractivity contribution in [1.82, 2.24) is 4.57 Å². The van der Waals surface area contributed by atoms with E-state index in [1.54, 1.807) is 25.5 Å². The number of benzene rings is 1. The summed E-state index contributed by atoms with van der Waals surface area (Å²) in [6, 6.07) is 7.76. The summed E-state index contributed by atoms with van der Waals surface area (Å²) in [5.41, 5.74) is 2.94. The minimum Gasteiger partial charge on any atom is -0.385 e. The molecule has 1 aromatic carbocycles. The lowest BCUT2D eigenvalue weighted by atomic mass is 10.1. The van der Waals surface area contributed by atoms with Crippen molar-refractivity contribution in [2.75, 3.05) is 19.0 Å². The Bertz CT molecular complexity index is 883. The molecule has 0 aliphatic carbocycles. The molecule has 5 nitrogen and oxygen atoms in total. The molecule has 28 heavy (non-hydrogen) atoms. The third-order valence-electron chi connectivity index (χ3n) is 4.03. The molecule has 1 amide bonds. The van der Waals surface area contributed by atoms with E-state index in [9.17, 15) is 10.1 Å². The summed E-state index contributed by atoms with van der Waals surface area (Å²) >= 11 is 0. The lowest BCUT2D eigenvalue weighted by Crippen LogP contribution is -2.10. The van der Waals surface area contributed by atoms with Gasteiger partial charge < -0.3 is 14.6 Å². The fraction of sp³-hybridized carbons (Fsp3) is 0.304. The summed E-state index contributed by atoms with van der Waals surface area (Å²) in [4.78, 5) is 11.9. The number of amides is 1. The van der Waals surface area contributed by atoms with Crippen molar-refractivity contribution in [2.45, 2.75) is 33.1 Å². The highest BCUT2D eigenvalue weighted by Gasteiger charge is 2.11. The summed E-state index contributed by atoms with van der Waals surface area (Å²) in [7, 11) is 1.68. The number of carbonyl (C=O) groups is 1. The second kappa shape index (κ2) is 12.3. The molecule has 0 atom stereocenters. The van der Waals surface area contributed by atoms with Gasteiger partial charge in [-0.3, -0.25) is 4.79 Å². The molecule has 0 aliphatic heterocycles. The van der Waals surface area contributed by atoms with Crippen LogP contribution in [0.2, 0.25) is 0 Å². The van der Waals surface area contributed by atoms with Crippen molar-refractivity contribution in [3.8, 4) is 6.07 Å². The predicted molar refractivity (Wildman–Crippen MR) is 117 cm³/mol. The first kappa shape index (κ1) is 22.9. The largest absolute Gasteiger partial charge is 0.385 e. The van der Waals surface area contributed by atoms with Gasteiger partial charge in [-0.2, -0.15) is 5.26 Å². The number of hydrogen-bond acceptors (Lipinski definition) is 3. The average molecular weight is 380 g/mol. The van der Waals surface area contributed by atoms with Crippen LogP contribution in [0, 0.1) is 11.3 Å². The van der Waals surface area contributed by atoms with E-state index in [4.69, 9.17) is 0 Å². The van der Waals surface area contributed by atoms with Crippen LogP contribution in [0.15, 0.2) is 55.8 Å². The normalized spacial score (nSPS) is 10.6. The molecule has 0 bridgehead atoms. The van der Waals surface area contributed by atoms with Gasteiger partial charge in [0.05, 0.1) is 11.1 Å². The monoisotopic (exact) mass is 379 g/mol. The Morgan fingerprint density at radius 1 is 1.36 bits per heavy atom. The second-order valence-electron chi connectivity index (χ2n) is 6.02. The fourth-order valence-corrected chi connectivity index (χ4v) is 2.54. The second-order valence-corrected chi connectivity index (χ2v) is 6.02. The molecule has 0 saturated heterocycles. The van der Waals surface area contributed by atoms with Crippen molar-refractivity contribution in [1.29, 1.82) is 5.26 Å². The van der Waals surface area contributed by atoms with E-state index in [1.807, 2.05) is 35.8 Å². The zero-order valence-electron chi connectivity index (χ0n) is 17.0. The SMILES string of the molecule is C=C/C=C(\C=C)n1cc(C#N)c2ccc(NC(=O)CCCC)cc21.CCOC. The van der Waals surface area contributed by atoms with Gasteiger partial charge in [-0.1, -0.05) is 32.6 Å². The average Bonchev–Trinajstić information content (AvgIpc) is 3.08. The highest BCUT2D eigenvalue weighted by molar-refractivity contribution is 5.96. The molecule has 0 saturated carbocycles. The topological polar surface area (TPSA) is 67.0 Å². The van der Waals surface area contributed by atoms with Crippen molar-refractivity contribution in [3.05, 3.63) is 61.3 Å². The number of nitrogens with one attached hydrogen (secondary N) is 1. The summed E-state index contributed by atoms with van der Waals surface area (Å²) in [5, 5.41) is 13.1. The first-order chi connectivity index (χ1) is 13.6. The number of nitriles is 1. The lowest BCUT2D eigenvalue weighted by molar-refractivity contribution is -0.116. The van der Waals surface area contributed by atoms with Crippen molar-refractivity contribution < 1.29 is 9.53 Å². The molecular weight excluding hydrogens is 350 g/mol. The first-order valence-corrected chi connectivity index (χ1v) is 9.35. The Hall–Kier alpha value is -3.10. The smallest absolute Gasteiger partial charge is 0.224 e. The highest BCUT2D eigenvalue weighted by atomic mass is 16.5. The zero-order chi connectivity index (χ0) is 20.9. The number of fused-ring (bicyclic) bond motifs is 1. The van der Waals surface area contributed by atoms with Gasteiger partial charge in [0.25, 0.3) is 0 Å². The van der Waals surface area contributed by atoms with Crippen LogP contribution in [0.1, 0.15) is 38.7 Å². The van der Waals surface area contributed by atoms with E-state index in [-0.39, 0.29) is 5.91 Å². The summed E-state index contributed by atoms with van der Waals surface area (Å²) in [6.07, 6.45) is 9.32. The van der Waals surface area contributed by atoms with Crippen LogP contribution < -0.4 is 5.32 Å². The van der Waals surface area contributed by atoms with Gasteiger partial charge in [-0.25, -0.2) is 0 Å². The van der Waals surface area contributed by atoms with Crippen LogP contribution in [-0.2, 0) is 9.53 Å². The zero-order valence-corrected chi connectivity index (χ0v) is 17.0. The number of nitrogens with zero attached hydrogens (tertiary/aromatic N) is 2. The molecule has 1 aromatic heterocycles. The molecule has 0 unspecified atom stereocenters.